The Kier molecular flexibility index (Phi) is 6.42. The number of carbonyl (C=O) groups excluding carboxylic acids is 2. The van der Waals surface area contributed by atoms with Gasteiger partial charge in [-0.3, -0.25) is 0 Å². The van der Waals surface area contributed by atoms with Gasteiger partial charge < -0.3 is 20.1 Å². The van der Waals surface area contributed by atoms with Crippen LogP contribution in [0.15, 0.2) is 30.3 Å². The van der Waals surface area contributed by atoms with Gasteiger partial charge in [0.25, 0.3) is 0 Å². The molecule has 1 aromatic heterocycles. The van der Waals surface area contributed by atoms with Gasteiger partial charge in [0.05, 0.1) is 5.69 Å². The molecule has 1 saturated heterocycles. The Morgan fingerprint density at radius 1 is 1.28 bits per heavy atom. The van der Waals surface area contributed by atoms with E-state index < -0.39 is 11.6 Å². The van der Waals surface area contributed by atoms with E-state index in [9.17, 15) is 9.59 Å². The normalized spacial score (nSPS) is 17.1. The fraction of sp³-hybridized carbons (Fsp3) is 0.476. The first-order valence-electron chi connectivity index (χ1n) is 9.68. The zero-order chi connectivity index (χ0) is 21.0. The molecular formula is C21H27N3O4S. The lowest BCUT2D eigenvalue weighted by Crippen LogP contribution is -2.39. The number of hydrogen-bond donors (Lipinski definition) is 1. The molecule has 1 atom stereocenters. The van der Waals surface area contributed by atoms with Crippen molar-refractivity contribution in [3.05, 3.63) is 47.2 Å². The molecule has 1 amide bonds. The zero-order valence-corrected chi connectivity index (χ0v) is 17.8. The van der Waals surface area contributed by atoms with Crippen molar-refractivity contribution < 1.29 is 19.1 Å². The van der Waals surface area contributed by atoms with Gasteiger partial charge in [-0.05, 0) is 50.7 Å². The fourth-order valence-electron chi connectivity index (χ4n) is 3.31. The summed E-state index contributed by atoms with van der Waals surface area (Å²) in [6.07, 6.45) is 1.26. The molecule has 7 nitrogen and oxygen atoms in total. The second-order valence-corrected chi connectivity index (χ2v) is 8.94. The number of amides is 1. The van der Waals surface area contributed by atoms with Crippen LogP contribution >= 0.6 is 11.5 Å². The fourth-order valence-corrected chi connectivity index (χ4v) is 4.02. The van der Waals surface area contributed by atoms with Crippen molar-refractivity contribution in [2.24, 2.45) is 0 Å². The van der Waals surface area contributed by atoms with Gasteiger partial charge in [-0.2, -0.15) is 4.37 Å². The average molecular weight is 418 g/mol. The minimum absolute atomic E-state index is 0.0795. The molecule has 0 spiro atoms. The number of carbonyl (C=O) groups is 2. The van der Waals surface area contributed by atoms with E-state index in [2.05, 4.69) is 4.37 Å². The predicted octanol–water partition coefficient (Wildman–Crippen LogP) is 4.20. The molecule has 29 heavy (non-hydrogen) atoms. The maximum Gasteiger partial charge on any atom is 0.410 e. The first-order chi connectivity index (χ1) is 13.7. The molecular weight excluding hydrogens is 390 g/mol. The molecule has 1 aromatic carbocycles. The van der Waals surface area contributed by atoms with E-state index in [1.807, 2.05) is 51.1 Å². The van der Waals surface area contributed by atoms with Crippen molar-refractivity contribution in [1.29, 1.82) is 0 Å². The van der Waals surface area contributed by atoms with E-state index in [4.69, 9.17) is 15.2 Å². The van der Waals surface area contributed by atoms with Crippen molar-refractivity contribution in [1.82, 2.24) is 9.27 Å². The Labute approximate surface area is 175 Å². The van der Waals surface area contributed by atoms with Gasteiger partial charge >= 0.3 is 12.1 Å². The molecule has 1 aliphatic heterocycles. The van der Waals surface area contributed by atoms with Gasteiger partial charge in [0.15, 0.2) is 0 Å². The van der Waals surface area contributed by atoms with Gasteiger partial charge in [0, 0.05) is 19.0 Å². The molecule has 2 aromatic rings. The lowest BCUT2D eigenvalue weighted by Gasteiger charge is -2.31. The van der Waals surface area contributed by atoms with Crippen LogP contribution < -0.4 is 5.73 Å². The summed E-state index contributed by atoms with van der Waals surface area (Å²) in [5.41, 5.74) is 7.28. The summed E-state index contributed by atoms with van der Waals surface area (Å²) in [5, 5.41) is 0.345. The Bertz CT molecular complexity index is 861. The Morgan fingerprint density at radius 3 is 2.69 bits per heavy atom. The van der Waals surface area contributed by atoms with E-state index in [1.54, 1.807) is 4.90 Å². The standard InChI is InChI=1S/C21H27N3O4S/c1-21(2,3)28-19(25)16-17(23-29-18(16)22)15-10-7-11-24(12-15)20(26)27-13-14-8-5-4-6-9-14/h4-6,8-9,15H,7,10-13,22H2,1-3H3. The third-order valence-electron chi connectivity index (χ3n) is 4.62. The lowest BCUT2D eigenvalue weighted by atomic mass is 9.92. The second-order valence-electron chi connectivity index (χ2n) is 8.13. The predicted molar refractivity (Wildman–Crippen MR) is 112 cm³/mol. The average Bonchev–Trinajstić information content (AvgIpc) is 3.07. The lowest BCUT2D eigenvalue weighted by molar-refractivity contribution is 0.00688. The van der Waals surface area contributed by atoms with Crippen molar-refractivity contribution in [3.8, 4) is 0 Å². The van der Waals surface area contributed by atoms with Crippen molar-refractivity contribution in [2.45, 2.75) is 51.7 Å². The summed E-state index contributed by atoms with van der Waals surface area (Å²) >= 11 is 1.09. The first kappa shape index (κ1) is 21.1. The van der Waals surface area contributed by atoms with E-state index in [-0.39, 0.29) is 18.6 Å². The number of nitrogens with two attached hydrogens (primary N) is 1. The number of rotatable bonds is 4. The number of hydrogen-bond acceptors (Lipinski definition) is 7. The highest BCUT2D eigenvalue weighted by Gasteiger charge is 2.33. The number of anilines is 1. The molecule has 1 aliphatic rings. The van der Waals surface area contributed by atoms with Gasteiger partial charge in [-0.25, -0.2) is 9.59 Å². The van der Waals surface area contributed by atoms with E-state index >= 15 is 0 Å². The van der Waals surface area contributed by atoms with Crippen LogP contribution in [-0.4, -0.2) is 40.0 Å². The number of benzene rings is 1. The second kappa shape index (κ2) is 8.82. The summed E-state index contributed by atoms with van der Waals surface area (Å²) in [4.78, 5) is 26.8. The Morgan fingerprint density at radius 2 is 2.00 bits per heavy atom. The minimum atomic E-state index is -0.622. The maximum atomic E-state index is 12.6. The van der Waals surface area contributed by atoms with Gasteiger partial charge in [-0.15, -0.1) is 0 Å². The summed E-state index contributed by atoms with van der Waals surface area (Å²) < 4.78 is 15.4. The highest BCUT2D eigenvalue weighted by atomic mass is 32.1. The van der Waals surface area contributed by atoms with Crippen LogP contribution in [-0.2, 0) is 16.1 Å². The van der Waals surface area contributed by atoms with Gasteiger partial charge in [-0.1, -0.05) is 30.3 Å². The molecule has 1 fully saturated rings. The molecule has 2 N–H and O–H groups in total. The van der Waals surface area contributed by atoms with Gasteiger partial charge in [0.1, 0.15) is 22.8 Å². The van der Waals surface area contributed by atoms with Crippen molar-refractivity contribution in [2.75, 3.05) is 18.8 Å². The number of piperidine rings is 1. The molecule has 2 heterocycles. The highest BCUT2D eigenvalue weighted by molar-refractivity contribution is 7.10. The topological polar surface area (TPSA) is 94.8 Å². The van der Waals surface area contributed by atoms with Crippen molar-refractivity contribution in [3.63, 3.8) is 0 Å². The number of likely N-dealkylation sites (tertiary alicyclic amines) is 1. The van der Waals surface area contributed by atoms with E-state index in [0.29, 0.717) is 29.3 Å². The molecule has 3 rings (SSSR count). The van der Waals surface area contributed by atoms with Crippen LogP contribution in [0.4, 0.5) is 9.80 Å². The van der Waals surface area contributed by atoms with Crippen LogP contribution in [0.25, 0.3) is 0 Å². The summed E-state index contributed by atoms with van der Waals surface area (Å²) in [6, 6.07) is 9.56. The molecule has 0 bridgehead atoms. The highest BCUT2D eigenvalue weighted by Crippen LogP contribution is 2.34. The summed E-state index contributed by atoms with van der Waals surface area (Å²) in [7, 11) is 0. The number of aromatic nitrogens is 1. The van der Waals surface area contributed by atoms with Crippen LogP contribution in [0.1, 0.15) is 61.1 Å². The monoisotopic (exact) mass is 417 g/mol. The summed E-state index contributed by atoms with van der Waals surface area (Å²) in [6.45, 7) is 6.72. The number of nitrogens with zero attached hydrogens (tertiary/aromatic N) is 2. The molecule has 8 heteroatoms. The quantitative estimate of drug-likeness (QED) is 0.749. The SMILES string of the molecule is CC(C)(C)OC(=O)c1c(C2CCCN(C(=O)OCc3ccccc3)C2)nsc1N. The van der Waals surface area contributed by atoms with Crippen LogP contribution in [0.5, 0.6) is 0 Å². The molecule has 0 saturated carbocycles. The third kappa shape index (κ3) is 5.47. The Balaban J connectivity index is 1.68. The first-order valence-corrected chi connectivity index (χ1v) is 10.5. The van der Waals surface area contributed by atoms with Crippen LogP contribution in [0, 0.1) is 0 Å². The number of ether oxygens (including phenoxy) is 2. The third-order valence-corrected chi connectivity index (χ3v) is 5.31. The van der Waals surface area contributed by atoms with Crippen LogP contribution in [0.3, 0.4) is 0 Å². The molecule has 156 valence electrons. The smallest absolute Gasteiger partial charge is 0.410 e. The van der Waals surface area contributed by atoms with E-state index in [1.165, 1.54) is 0 Å². The molecule has 1 unspecified atom stereocenters. The molecule has 0 aliphatic carbocycles. The van der Waals surface area contributed by atoms with Crippen molar-refractivity contribution >= 4 is 28.6 Å². The summed E-state index contributed by atoms with van der Waals surface area (Å²) in [5.74, 6) is -0.549. The largest absolute Gasteiger partial charge is 0.456 e. The number of esters is 1. The van der Waals surface area contributed by atoms with Crippen LogP contribution in [0.2, 0.25) is 0 Å². The zero-order valence-electron chi connectivity index (χ0n) is 17.0. The van der Waals surface area contributed by atoms with E-state index in [0.717, 1.165) is 29.9 Å². The maximum absolute atomic E-state index is 12.6. The Hall–Kier alpha value is -2.61. The minimum Gasteiger partial charge on any atom is -0.456 e. The molecule has 0 radical (unpaired) electrons. The van der Waals surface area contributed by atoms with Gasteiger partial charge in [0.2, 0.25) is 0 Å². The number of nitrogen functional groups attached to an aromatic ring is 1.